The van der Waals surface area contributed by atoms with E-state index in [-0.39, 0.29) is 23.1 Å². The zero-order valence-corrected chi connectivity index (χ0v) is 18.2. The summed E-state index contributed by atoms with van der Waals surface area (Å²) in [4.78, 5) is 36.4. The number of ether oxygens (including phenoxy) is 1. The third-order valence-electron chi connectivity index (χ3n) is 4.45. The Kier molecular flexibility index (Phi) is 8.92. The summed E-state index contributed by atoms with van der Waals surface area (Å²) in [5.41, 5.74) is 2.05. The average molecular weight is 430 g/mol. The molecule has 0 aliphatic heterocycles. The number of carboxylic acid groups (broad SMARTS) is 1. The van der Waals surface area contributed by atoms with Gasteiger partial charge in [-0.3, -0.25) is 4.79 Å². The number of nitrogens with one attached hydrogen (secondary N) is 1. The molecule has 1 amide bonds. The maximum Gasteiger partial charge on any atom is 0.367 e. The number of carbonyl (C=O) groups excluding carboxylic acids is 2. The number of hydrogen-bond acceptors (Lipinski definition) is 5. The Morgan fingerprint density at radius 3 is 2.40 bits per heavy atom. The second-order valence-electron chi connectivity index (χ2n) is 7.43. The molecule has 0 aliphatic carbocycles. The standard InChI is InChI=1S/C23H27NO5S/c1-15(2)13-29-23(28)30-14-18(12-17-8-5-4-6-9-17)21(25)24-20-11-7-10-19(16(20)3)22(26)27/h4-11,15,18H,12-14H2,1-3H3,(H,24,25)(H,26,27). The van der Waals surface area contributed by atoms with E-state index in [9.17, 15) is 19.5 Å². The van der Waals surface area contributed by atoms with Gasteiger partial charge in [-0.2, -0.15) is 0 Å². The Balaban J connectivity index is 2.13. The minimum absolute atomic E-state index is 0.138. The Hall–Kier alpha value is -2.80. The van der Waals surface area contributed by atoms with E-state index in [2.05, 4.69) is 5.32 Å². The molecule has 0 saturated heterocycles. The highest BCUT2D eigenvalue weighted by Crippen LogP contribution is 2.23. The smallest absolute Gasteiger partial charge is 0.367 e. The molecule has 0 aromatic heterocycles. The zero-order chi connectivity index (χ0) is 22.1. The maximum absolute atomic E-state index is 13.0. The van der Waals surface area contributed by atoms with Crippen molar-refractivity contribution in [3.05, 3.63) is 65.2 Å². The lowest BCUT2D eigenvalue weighted by Crippen LogP contribution is -2.28. The lowest BCUT2D eigenvalue weighted by Gasteiger charge is -2.18. The Morgan fingerprint density at radius 2 is 1.77 bits per heavy atom. The predicted octanol–water partition coefficient (Wildman–Crippen LogP) is 5.02. The van der Waals surface area contributed by atoms with Gasteiger partial charge in [-0.05, 0) is 54.3 Å². The number of thioether (sulfide) groups is 1. The molecule has 0 fully saturated rings. The van der Waals surface area contributed by atoms with Crippen molar-refractivity contribution >= 4 is 34.6 Å². The summed E-state index contributed by atoms with van der Waals surface area (Å²) in [6.45, 7) is 5.90. The van der Waals surface area contributed by atoms with Crippen molar-refractivity contribution in [2.24, 2.45) is 11.8 Å². The molecule has 0 saturated carbocycles. The second-order valence-corrected chi connectivity index (χ2v) is 8.38. The number of carbonyl (C=O) groups is 3. The fourth-order valence-corrected chi connectivity index (χ4v) is 3.57. The first-order chi connectivity index (χ1) is 14.3. The van der Waals surface area contributed by atoms with E-state index in [1.54, 1.807) is 19.1 Å². The van der Waals surface area contributed by atoms with Gasteiger partial charge in [0.25, 0.3) is 0 Å². The number of amides is 1. The van der Waals surface area contributed by atoms with E-state index in [1.807, 2.05) is 44.2 Å². The molecule has 2 aromatic carbocycles. The van der Waals surface area contributed by atoms with Crippen LogP contribution in [0.15, 0.2) is 48.5 Å². The Morgan fingerprint density at radius 1 is 1.07 bits per heavy atom. The summed E-state index contributed by atoms with van der Waals surface area (Å²) in [7, 11) is 0. The fraction of sp³-hybridized carbons (Fsp3) is 0.348. The predicted molar refractivity (Wildman–Crippen MR) is 119 cm³/mol. The summed E-state index contributed by atoms with van der Waals surface area (Å²) in [6, 6.07) is 14.3. The first-order valence-corrected chi connectivity index (χ1v) is 10.7. The molecule has 2 aromatic rings. The molecule has 0 heterocycles. The van der Waals surface area contributed by atoms with Crippen LogP contribution in [-0.2, 0) is 16.0 Å². The van der Waals surface area contributed by atoms with Gasteiger partial charge in [0.15, 0.2) is 0 Å². The second kappa shape index (κ2) is 11.4. The number of aromatic carboxylic acids is 1. The zero-order valence-electron chi connectivity index (χ0n) is 17.4. The molecular formula is C23H27NO5S. The molecule has 2 rings (SSSR count). The summed E-state index contributed by atoms with van der Waals surface area (Å²) in [5, 5.41) is 11.7. The summed E-state index contributed by atoms with van der Waals surface area (Å²) >= 11 is 0.981. The molecule has 0 aliphatic rings. The van der Waals surface area contributed by atoms with Gasteiger partial charge >= 0.3 is 11.3 Å². The van der Waals surface area contributed by atoms with Crippen molar-refractivity contribution in [3.63, 3.8) is 0 Å². The third kappa shape index (κ3) is 7.22. The highest BCUT2D eigenvalue weighted by Gasteiger charge is 2.23. The van der Waals surface area contributed by atoms with Gasteiger partial charge in [0, 0.05) is 11.4 Å². The van der Waals surface area contributed by atoms with E-state index in [0.29, 0.717) is 24.3 Å². The van der Waals surface area contributed by atoms with Crippen LogP contribution in [0.3, 0.4) is 0 Å². The largest absolute Gasteiger partial charge is 0.478 e. The molecule has 6 nitrogen and oxygen atoms in total. The summed E-state index contributed by atoms with van der Waals surface area (Å²) in [5.74, 6) is -1.31. The number of anilines is 1. The topological polar surface area (TPSA) is 92.7 Å². The van der Waals surface area contributed by atoms with Crippen LogP contribution in [0, 0.1) is 18.8 Å². The van der Waals surface area contributed by atoms with Gasteiger partial charge < -0.3 is 15.2 Å². The van der Waals surface area contributed by atoms with Crippen LogP contribution in [-0.4, -0.2) is 34.6 Å². The Bertz CT molecular complexity index is 882. The van der Waals surface area contributed by atoms with Crippen LogP contribution in [0.4, 0.5) is 10.5 Å². The maximum atomic E-state index is 13.0. The highest BCUT2D eigenvalue weighted by molar-refractivity contribution is 8.13. The first kappa shape index (κ1) is 23.5. The third-order valence-corrected chi connectivity index (χ3v) is 5.38. The van der Waals surface area contributed by atoms with Crippen LogP contribution in [0.1, 0.15) is 35.3 Å². The molecule has 7 heteroatoms. The molecular weight excluding hydrogens is 402 g/mol. The van der Waals surface area contributed by atoms with E-state index in [0.717, 1.165) is 17.3 Å². The monoisotopic (exact) mass is 429 g/mol. The number of hydrogen-bond donors (Lipinski definition) is 2. The molecule has 1 atom stereocenters. The molecule has 1 unspecified atom stereocenters. The molecule has 2 N–H and O–H groups in total. The Labute approximate surface area is 181 Å². The van der Waals surface area contributed by atoms with Crippen LogP contribution < -0.4 is 5.32 Å². The van der Waals surface area contributed by atoms with Gasteiger partial charge in [-0.25, -0.2) is 9.59 Å². The van der Waals surface area contributed by atoms with Crippen molar-refractivity contribution in [2.45, 2.75) is 27.2 Å². The minimum Gasteiger partial charge on any atom is -0.478 e. The van der Waals surface area contributed by atoms with Crippen LogP contribution in [0.25, 0.3) is 0 Å². The summed E-state index contributed by atoms with van der Waals surface area (Å²) < 4.78 is 5.19. The van der Waals surface area contributed by atoms with Crippen LogP contribution in [0.5, 0.6) is 0 Å². The van der Waals surface area contributed by atoms with E-state index in [4.69, 9.17) is 4.74 Å². The van der Waals surface area contributed by atoms with Crippen molar-refractivity contribution in [2.75, 3.05) is 17.7 Å². The highest BCUT2D eigenvalue weighted by atomic mass is 32.2. The van der Waals surface area contributed by atoms with Crippen molar-refractivity contribution in [1.29, 1.82) is 0 Å². The van der Waals surface area contributed by atoms with E-state index >= 15 is 0 Å². The van der Waals surface area contributed by atoms with Crippen molar-refractivity contribution in [1.82, 2.24) is 0 Å². The van der Waals surface area contributed by atoms with Crippen LogP contribution >= 0.6 is 11.8 Å². The lowest BCUT2D eigenvalue weighted by molar-refractivity contribution is -0.119. The minimum atomic E-state index is -1.05. The molecule has 0 spiro atoms. The quantitative estimate of drug-likeness (QED) is 0.544. The normalized spacial score (nSPS) is 11.7. The fourth-order valence-electron chi connectivity index (χ4n) is 2.81. The number of carboxylic acids is 1. The average Bonchev–Trinajstić information content (AvgIpc) is 2.71. The van der Waals surface area contributed by atoms with Crippen LogP contribution in [0.2, 0.25) is 0 Å². The number of rotatable bonds is 9. The van der Waals surface area contributed by atoms with Gasteiger partial charge in [-0.15, -0.1) is 0 Å². The van der Waals surface area contributed by atoms with E-state index in [1.165, 1.54) is 6.07 Å². The van der Waals surface area contributed by atoms with E-state index < -0.39 is 17.2 Å². The molecule has 0 bridgehead atoms. The van der Waals surface area contributed by atoms with Crippen molar-refractivity contribution < 1.29 is 24.2 Å². The lowest BCUT2D eigenvalue weighted by atomic mass is 9.99. The number of benzene rings is 2. The summed E-state index contributed by atoms with van der Waals surface area (Å²) in [6.07, 6.45) is 0.453. The molecule has 160 valence electrons. The van der Waals surface area contributed by atoms with Gasteiger partial charge in [0.1, 0.15) is 0 Å². The van der Waals surface area contributed by atoms with Gasteiger partial charge in [0.2, 0.25) is 5.91 Å². The molecule has 0 radical (unpaired) electrons. The SMILES string of the molecule is Cc1c(NC(=O)C(CSC(=O)OCC(C)C)Cc2ccccc2)cccc1C(=O)O. The van der Waals surface area contributed by atoms with Gasteiger partial charge in [0.05, 0.1) is 18.1 Å². The first-order valence-electron chi connectivity index (χ1n) is 9.75. The molecule has 30 heavy (non-hydrogen) atoms. The van der Waals surface area contributed by atoms with Crippen molar-refractivity contribution in [3.8, 4) is 0 Å². The van der Waals surface area contributed by atoms with Gasteiger partial charge in [-0.1, -0.05) is 50.2 Å².